The Morgan fingerprint density at radius 2 is 1.88 bits per heavy atom. The van der Waals surface area contributed by atoms with Gasteiger partial charge in [-0.25, -0.2) is 0 Å². The highest BCUT2D eigenvalue weighted by atomic mass is 32.1. The highest BCUT2D eigenvalue weighted by molar-refractivity contribution is 7.10. The molecule has 0 amide bonds. The Bertz CT molecular complexity index is 494. The highest BCUT2D eigenvalue weighted by Crippen LogP contribution is 2.08. The van der Waals surface area contributed by atoms with Crippen LogP contribution in [-0.4, -0.2) is 0 Å². The van der Waals surface area contributed by atoms with Gasteiger partial charge < -0.3 is 0 Å². The van der Waals surface area contributed by atoms with E-state index in [0.29, 0.717) is 0 Å². The van der Waals surface area contributed by atoms with Gasteiger partial charge in [0.2, 0.25) is 5.51 Å². The van der Waals surface area contributed by atoms with Crippen LogP contribution in [0.5, 0.6) is 0 Å². The summed E-state index contributed by atoms with van der Waals surface area (Å²) < 4.78 is 2.17. The average Bonchev–Trinajstić information content (AvgIpc) is 2.78. The van der Waals surface area contributed by atoms with E-state index in [1.807, 2.05) is 12.2 Å². The molecule has 1 nitrogen and oxygen atoms in total. The molecule has 0 bridgehead atoms. The van der Waals surface area contributed by atoms with Crippen molar-refractivity contribution in [2.45, 2.75) is 6.54 Å². The smallest absolute Gasteiger partial charge is 0.190 e. The first kappa shape index (κ1) is 10.8. The van der Waals surface area contributed by atoms with Crippen LogP contribution in [0.4, 0.5) is 0 Å². The summed E-state index contributed by atoms with van der Waals surface area (Å²) in [6.45, 7) is 8.41. The molecule has 16 heavy (non-hydrogen) atoms. The molecule has 0 spiro atoms. The van der Waals surface area contributed by atoms with Gasteiger partial charge in [0.25, 0.3) is 0 Å². The molecular formula is C14H14NS+. The summed E-state index contributed by atoms with van der Waals surface area (Å²) >= 11 is 1.71. The molecule has 1 aromatic carbocycles. The highest BCUT2D eigenvalue weighted by Gasteiger charge is 2.05. The number of hydrogen-bond acceptors (Lipinski definition) is 1. The van der Waals surface area contributed by atoms with Gasteiger partial charge >= 0.3 is 0 Å². The summed E-state index contributed by atoms with van der Waals surface area (Å²) in [4.78, 5) is 1.20. The fraction of sp³-hybridized carbons (Fsp3) is 0.0714. The molecule has 0 aliphatic heterocycles. The van der Waals surface area contributed by atoms with Crippen molar-refractivity contribution in [3.63, 3.8) is 0 Å². The van der Waals surface area contributed by atoms with Crippen LogP contribution in [0.1, 0.15) is 16.0 Å². The molecule has 0 radical (unpaired) electrons. The zero-order valence-corrected chi connectivity index (χ0v) is 9.91. The Balaban J connectivity index is 2.13. The first-order chi connectivity index (χ1) is 7.81. The minimum absolute atomic E-state index is 0.905. The van der Waals surface area contributed by atoms with Gasteiger partial charge in [-0.3, -0.25) is 0 Å². The third-order valence-electron chi connectivity index (χ3n) is 2.40. The predicted octanol–water partition coefficient (Wildman–Crippen LogP) is 3.37. The summed E-state index contributed by atoms with van der Waals surface area (Å²) in [5.41, 5.74) is 4.56. The van der Waals surface area contributed by atoms with Gasteiger partial charge in [-0.2, -0.15) is 4.57 Å². The second-order valence-corrected chi connectivity index (χ2v) is 4.49. The van der Waals surface area contributed by atoms with E-state index in [4.69, 9.17) is 0 Å². The molecule has 0 saturated heterocycles. The van der Waals surface area contributed by atoms with Crippen molar-refractivity contribution in [3.8, 4) is 0 Å². The van der Waals surface area contributed by atoms with E-state index in [1.54, 1.807) is 11.3 Å². The summed E-state index contributed by atoms with van der Waals surface area (Å²) in [7, 11) is 0. The SMILES string of the molecule is C=Cc1ccc(C[n+]2csc(C=C)c2)cc1. The number of hydrogen-bond donors (Lipinski definition) is 0. The summed E-state index contributed by atoms with van der Waals surface area (Å²) in [5.74, 6) is 0. The molecular weight excluding hydrogens is 214 g/mol. The Hall–Kier alpha value is -1.67. The normalized spacial score (nSPS) is 10.0. The van der Waals surface area contributed by atoms with Gasteiger partial charge in [-0.15, -0.1) is 0 Å². The summed E-state index contributed by atoms with van der Waals surface area (Å²) in [6.07, 6.45) is 5.85. The van der Waals surface area contributed by atoms with Crippen molar-refractivity contribution in [2.75, 3.05) is 0 Å². The van der Waals surface area contributed by atoms with Crippen molar-refractivity contribution < 1.29 is 4.57 Å². The number of rotatable bonds is 4. The van der Waals surface area contributed by atoms with Crippen molar-refractivity contribution in [1.82, 2.24) is 0 Å². The maximum Gasteiger partial charge on any atom is 0.225 e. The van der Waals surface area contributed by atoms with Crippen LogP contribution in [0.15, 0.2) is 49.1 Å². The van der Waals surface area contributed by atoms with Crippen molar-refractivity contribution >= 4 is 23.5 Å². The van der Waals surface area contributed by atoms with Crippen molar-refractivity contribution in [1.29, 1.82) is 0 Å². The van der Waals surface area contributed by atoms with Crippen molar-refractivity contribution in [2.24, 2.45) is 0 Å². The molecule has 0 atom stereocenters. The predicted molar refractivity (Wildman–Crippen MR) is 70.2 cm³/mol. The van der Waals surface area contributed by atoms with Crippen LogP contribution < -0.4 is 4.57 Å². The van der Waals surface area contributed by atoms with Crippen LogP contribution in [0.25, 0.3) is 12.2 Å². The molecule has 80 valence electrons. The molecule has 0 N–H and O–H groups in total. The molecule has 0 aliphatic rings. The first-order valence-electron chi connectivity index (χ1n) is 5.13. The third kappa shape index (κ3) is 2.47. The Kier molecular flexibility index (Phi) is 3.32. The molecule has 0 fully saturated rings. The van der Waals surface area contributed by atoms with Crippen molar-refractivity contribution in [3.05, 3.63) is 65.1 Å². The van der Waals surface area contributed by atoms with Gasteiger partial charge in [0, 0.05) is 5.56 Å². The Morgan fingerprint density at radius 1 is 1.12 bits per heavy atom. The second-order valence-electron chi connectivity index (χ2n) is 3.58. The molecule has 1 heterocycles. The molecule has 2 aromatic rings. The second kappa shape index (κ2) is 4.90. The molecule has 2 heteroatoms. The zero-order valence-electron chi connectivity index (χ0n) is 9.10. The minimum Gasteiger partial charge on any atom is -0.190 e. The van der Waals surface area contributed by atoms with Crippen LogP contribution in [0.3, 0.4) is 0 Å². The monoisotopic (exact) mass is 228 g/mol. The van der Waals surface area contributed by atoms with Gasteiger partial charge in [0.05, 0.1) is 4.88 Å². The minimum atomic E-state index is 0.905. The van der Waals surface area contributed by atoms with E-state index in [9.17, 15) is 0 Å². The van der Waals surface area contributed by atoms with Gasteiger partial charge in [0.1, 0.15) is 0 Å². The van der Waals surface area contributed by atoms with E-state index in [2.05, 4.69) is 53.7 Å². The lowest BCUT2D eigenvalue weighted by Gasteiger charge is -1.96. The average molecular weight is 228 g/mol. The number of aromatic nitrogens is 1. The number of benzene rings is 1. The van der Waals surface area contributed by atoms with Gasteiger partial charge in [-0.05, 0) is 11.6 Å². The molecule has 2 rings (SSSR count). The van der Waals surface area contributed by atoms with E-state index >= 15 is 0 Å². The van der Waals surface area contributed by atoms with E-state index in [1.165, 1.54) is 10.4 Å². The lowest BCUT2D eigenvalue weighted by Crippen LogP contribution is -2.30. The van der Waals surface area contributed by atoms with Crippen LogP contribution in [0.2, 0.25) is 0 Å². The topological polar surface area (TPSA) is 3.88 Å². The fourth-order valence-corrected chi connectivity index (χ4v) is 2.19. The molecule has 1 aromatic heterocycles. The van der Waals surface area contributed by atoms with Crippen LogP contribution in [0, 0.1) is 0 Å². The summed E-state index contributed by atoms with van der Waals surface area (Å²) in [5, 5.41) is 0. The van der Waals surface area contributed by atoms with Crippen LogP contribution in [-0.2, 0) is 6.54 Å². The van der Waals surface area contributed by atoms with Gasteiger partial charge in [-0.1, -0.05) is 54.8 Å². The Labute approximate surface area is 100 Å². The van der Waals surface area contributed by atoms with E-state index < -0.39 is 0 Å². The molecule has 0 unspecified atom stereocenters. The number of thiazole rings is 1. The fourth-order valence-electron chi connectivity index (χ4n) is 1.51. The van der Waals surface area contributed by atoms with Crippen LogP contribution >= 0.6 is 11.3 Å². The quantitative estimate of drug-likeness (QED) is 0.706. The van der Waals surface area contributed by atoms with E-state index in [-0.39, 0.29) is 0 Å². The maximum atomic E-state index is 3.76. The molecule has 0 saturated carbocycles. The standard InChI is InChI=1S/C14H14NS/c1-3-12-5-7-13(8-6-12)9-15-10-14(4-2)16-11-15/h3-8,10-11H,1-2,9H2/q+1. The maximum absolute atomic E-state index is 3.76. The Morgan fingerprint density at radius 3 is 2.44 bits per heavy atom. The zero-order chi connectivity index (χ0) is 11.4. The lowest BCUT2D eigenvalue weighted by atomic mass is 10.1. The molecule has 0 aliphatic carbocycles. The first-order valence-corrected chi connectivity index (χ1v) is 6.01. The largest absolute Gasteiger partial charge is 0.225 e. The third-order valence-corrected chi connectivity index (χ3v) is 3.32. The van der Waals surface area contributed by atoms with E-state index in [0.717, 1.165) is 12.1 Å². The van der Waals surface area contributed by atoms with Gasteiger partial charge in [0.15, 0.2) is 12.7 Å². The lowest BCUT2D eigenvalue weighted by molar-refractivity contribution is -0.683. The summed E-state index contributed by atoms with van der Waals surface area (Å²) in [6, 6.07) is 8.44. The number of nitrogens with zero attached hydrogens (tertiary/aromatic N) is 1.